The maximum atomic E-state index is 12.4. The molecule has 0 bridgehead atoms. The van der Waals surface area contributed by atoms with Crippen LogP contribution in [0.3, 0.4) is 0 Å². The molecule has 2 N–H and O–H groups in total. The lowest BCUT2D eigenvalue weighted by Gasteiger charge is -2.08. The molecule has 1 aromatic carbocycles. The summed E-state index contributed by atoms with van der Waals surface area (Å²) in [5.41, 5.74) is 4.29. The molecule has 0 spiro atoms. The molecule has 0 aromatic heterocycles. The third kappa shape index (κ3) is 4.16. The number of ether oxygens (including phenoxy) is 1. The number of alkyl halides is 3. The van der Waals surface area contributed by atoms with E-state index in [9.17, 15) is 18.0 Å². The first-order chi connectivity index (χ1) is 7.95. The van der Waals surface area contributed by atoms with Crippen LogP contribution < -0.4 is 5.73 Å². The van der Waals surface area contributed by atoms with E-state index in [0.717, 1.165) is 12.1 Å². The van der Waals surface area contributed by atoms with Gasteiger partial charge in [-0.05, 0) is 12.1 Å². The van der Waals surface area contributed by atoms with Gasteiger partial charge in [-0.1, -0.05) is 12.1 Å². The minimum absolute atomic E-state index is 0.0168. The number of Topliss-reactive ketones (excluding diaryl/α,β-unsaturated/α-hetero) is 1. The second-order valence-corrected chi connectivity index (χ2v) is 3.34. The number of rotatable bonds is 5. The summed E-state index contributed by atoms with van der Waals surface area (Å²) >= 11 is 0. The van der Waals surface area contributed by atoms with Crippen molar-refractivity contribution in [3.05, 3.63) is 35.4 Å². The van der Waals surface area contributed by atoms with Gasteiger partial charge in [0.2, 0.25) is 0 Å². The topological polar surface area (TPSA) is 52.3 Å². The van der Waals surface area contributed by atoms with Gasteiger partial charge in [0.25, 0.3) is 0 Å². The first-order valence-corrected chi connectivity index (χ1v) is 4.93. The minimum Gasteiger partial charge on any atom is -0.372 e. The van der Waals surface area contributed by atoms with E-state index in [1.54, 1.807) is 0 Å². The smallest absolute Gasteiger partial charge is 0.372 e. The van der Waals surface area contributed by atoms with Crippen LogP contribution in [0.4, 0.5) is 13.2 Å². The van der Waals surface area contributed by atoms with Crippen molar-refractivity contribution >= 4 is 5.78 Å². The van der Waals surface area contributed by atoms with Crippen molar-refractivity contribution in [2.24, 2.45) is 5.73 Å². The molecule has 0 heterocycles. The third-order valence-electron chi connectivity index (χ3n) is 2.01. The Balaban J connectivity index is 2.74. The SMILES string of the molecule is NCCOCC(=O)c1cccc(C(F)(F)F)c1. The molecule has 1 rings (SSSR count). The van der Waals surface area contributed by atoms with E-state index in [-0.39, 0.29) is 25.3 Å². The molecule has 0 aliphatic carbocycles. The Hall–Kier alpha value is -1.40. The summed E-state index contributed by atoms with van der Waals surface area (Å²) in [5, 5.41) is 0. The van der Waals surface area contributed by atoms with E-state index < -0.39 is 17.5 Å². The lowest BCUT2D eigenvalue weighted by molar-refractivity contribution is -0.137. The summed E-state index contributed by atoms with van der Waals surface area (Å²) in [5.74, 6) is -0.496. The fourth-order valence-electron chi connectivity index (χ4n) is 1.20. The Bertz CT molecular complexity index is 391. The zero-order valence-corrected chi connectivity index (χ0v) is 8.96. The van der Waals surface area contributed by atoms with Gasteiger partial charge in [-0.15, -0.1) is 0 Å². The maximum Gasteiger partial charge on any atom is 0.416 e. The summed E-state index contributed by atoms with van der Waals surface area (Å²) in [6.45, 7) is 0.194. The van der Waals surface area contributed by atoms with Crippen LogP contribution in [0, 0.1) is 0 Å². The molecular weight excluding hydrogens is 235 g/mol. The highest BCUT2D eigenvalue weighted by Crippen LogP contribution is 2.29. The first-order valence-electron chi connectivity index (χ1n) is 4.93. The van der Waals surface area contributed by atoms with E-state index in [2.05, 4.69) is 0 Å². The van der Waals surface area contributed by atoms with Crippen molar-refractivity contribution in [1.29, 1.82) is 0 Å². The Labute approximate surface area is 96.4 Å². The minimum atomic E-state index is -4.45. The van der Waals surface area contributed by atoms with Crippen LogP contribution in [0.15, 0.2) is 24.3 Å². The Kier molecular flexibility index (Phi) is 4.65. The highest BCUT2D eigenvalue weighted by atomic mass is 19.4. The van der Waals surface area contributed by atoms with E-state index in [4.69, 9.17) is 10.5 Å². The number of nitrogens with two attached hydrogens (primary N) is 1. The molecule has 0 unspecified atom stereocenters. The quantitative estimate of drug-likeness (QED) is 0.638. The molecule has 0 saturated heterocycles. The normalized spacial score (nSPS) is 11.5. The lowest BCUT2D eigenvalue weighted by atomic mass is 10.1. The number of benzene rings is 1. The Morgan fingerprint density at radius 3 is 2.65 bits per heavy atom. The average molecular weight is 247 g/mol. The Morgan fingerprint density at radius 2 is 2.06 bits per heavy atom. The van der Waals surface area contributed by atoms with Gasteiger partial charge < -0.3 is 10.5 Å². The van der Waals surface area contributed by atoms with Crippen molar-refractivity contribution in [2.45, 2.75) is 6.18 Å². The molecule has 6 heteroatoms. The molecule has 0 aliphatic heterocycles. The number of halogens is 3. The van der Waals surface area contributed by atoms with Crippen molar-refractivity contribution in [3.8, 4) is 0 Å². The van der Waals surface area contributed by atoms with Crippen molar-refractivity contribution in [1.82, 2.24) is 0 Å². The number of hydrogen-bond acceptors (Lipinski definition) is 3. The van der Waals surface area contributed by atoms with E-state index in [1.165, 1.54) is 12.1 Å². The lowest BCUT2D eigenvalue weighted by Crippen LogP contribution is -2.15. The number of carbonyl (C=O) groups excluding carboxylic acids is 1. The van der Waals surface area contributed by atoms with Crippen LogP contribution in [0.1, 0.15) is 15.9 Å². The van der Waals surface area contributed by atoms with Crippen LogP contribution >= 0.6 is 0 Å². The second kappa shape index (κ2) is 5.79. The van der Waals surface area contributed by atoms with Crippen LogP contribution in [0.25, 0.3) is 0 Å². The van der Waals surface area contributed by atoms with Gasteiger partial charge in [0.05, 0.1) is 12.2 Å². The van der Waals surface area contributed by atoms with Gasteiger partial charge >= 0.3 is 6.18 Å². The zero-order valence-electron chi connectivity index (χ0n) is 8.96. The fraction of sp³-hybridized carbons (Fsp3) is 0.364. The van der Waals surface area contributed by atoms with Gasteiger partial charge in [0, 0.05) is 12.1 Å². The van der Waals surface area contributed by atoms with Gasteiger partial charge in [-0.2, -0.15) is 13.2 Å². The highest BCUT2D eigenvalue weighted by molar-refractivity contribution is 5.97. The maximum absolute atomic E-state index is 12.4. The van der Waals surface area contributed by atoms with Crippen molar-refractivity contribution in [2.75, 3.05) is 19.8 Å². The standard InChI is InChI=1S/C11H12F3NO2/c12-11(13,14)9-3-1-2-8(6-9)10(16)7-17-5-4-15/h1-3,6H,4-5,7,15H2. The highest BCUT2D eigenvalue weighted by Gasteiger charge is 2.30. The van der Waals surface area contributed by atoms with Crippen molar-refractivity contribution < 1.29 is 22.7 Å². The Morgan fingerprint density at radius 1 is 1.35 bits per heavy atom. The predicted molar refractivity (Wildman–Crippen MR) is 55.6 cm³/mol. The van der Waals surface area contributed by atoms with Crippen LogP contribution in [-0.2, 0) is 10.9 Å². The molecule has 0 radical (unpaired) electrons. The molecular formula is C11H12F3NO2. The monoisotopic (exact) mass is 247 g/mol. The van der Waals surface area contributed by atoms with E-state index in [1.807, 2.05) is 0 Å². The molecule has 3 nitrogen and oxygen atoms in total. The molecule has 94 valence electrons. The second-order valence-electron chi connectivity index (χ2n) is 3.34. The average Bonchev–Trinajstić information content (AvgIpc) is 2.28. The molecule has 0 aliphatic rings. The fourth-order valence-corrected chi connectivity index (χ4v) is 1.20. The van der Waals surface area contributed by atoms with Gasteiger partial charge in [-0.3, -0.25) is 4.79 Å². The van der Waals surface area contributed by atoms with E-state index in [0.29, 0.717) is 0 Å². The molecule has 0 amide bonds. The summed E-state index contributed by atoms with van der Waals surface area (Å²) in [4.78, 5) is 11.5. The summed E-state index contributed by atoms with van der Waals surface area (Å²) in [7, 11) is 0. The largest absolute Gasteiger partial charge is 0.416 e. The number of carbonyl (C=O) groups is 1. The molecule has 0 saturated carbocycles. The van der Waals surface area contributed by atoms with Gasteiger partial charge in [-0.25, -0.2) is 0 Å². The van der Waals surface area contributed by atoms with Crippen LogP contribution in [0.5, 0.6) is 0 Å². The van der Waals surface area contributed by atoms with Gasteiger partial charge in [0.15, 0.2) is 5.78 Å². The molecule has 1 aromatic rings. The number of ketones is 1. The van der Waals surface area contributed by atoms with Crippen molar-refractivity contribution in [3.63, 3.8) is 0 Å². The molecule has 17 heavy (non-hydrogen) atoms. The predicted octanol–water partition coefficient (Wildman–Crippen LogP) is 1.86. The zero-order chi connectivity index (χ0) is 12.9. The van der Waals surface area contributed by atoms with Crippen LogP contribution in [0.2, 0.25) is 0 Å². The molecule has 0 atom stereocenters. The van der Waals surface area contributed by atoms with E-state index >= 15 is 0 Å². The first kappa shape index (κ1) is 13.7. The third-order valence-corrected chi connectivity index (χ3v) is 2.01. The van der Waals surface area contributed by atoms with Crippen LogP contribution in [-0.4, -0.2) is 25.5 Å². The summed E-state index contributed by atoms with van der Waals surface area (Å²) in [6, 6.07) is 4.24. The number of hydrogen-bond donors (Lipinski definition) is 1. The molecule has 0 fully saturated rings. The summed E-state index contributed by atoms with van der Waals surface area (Å²) in [6.07, 6.45) is -4.45. The van der Waals surface area contributed by atoms with Gasteiger partial charge in [0.1, 0.15) is 6.61 Å². The summed E-state index contributed by atoms with van der Waals surface area (Å²) < 4.78 is 42.0.